The van der Waals surface area contributed by atoms with Crippen LogP contribution in [0.2, 0.25) is 0 Å². The van der Waals surface area contributed by atoms with Gasteiger partial charge in [0, 0.05) is 19.3 Å². The zero-order chi connectivity index (χ0) is 44.2. The lowest BCUT2D eigenvalue weighted by molar-refractivity contribution is -0.887. The summed E-state index contributed by atoms with van der Waals surface area (Å²) in [5.74, 6) is -1.57. The van der Waals surface area contributed by atoms with Crippen LogP contribution in [0, 0.1) is 0 Å². The third kappa shape index (κ3) is 40.2. The highest BCUT2D eigenvalue weighted by atomic mass is 16.6. The number of likely N-dealkylation sites (N-methyl/N-ethyl adjacent to an activating group) is 1. The molecule has 0 saturated heterocycles. The van der Waals surface area contributed by atoms with Crippen LogP contribution in [-0.2, 0) is 28.6 Å². The van der Waals surface area contributed by atoms with Crippen LogP contribution in [0.15, 0.2) is 72.9 Å². The van der Waals surface area contributed by atoms with Crippen LogP contribution in [0.4, 0.5) is 0 Å². The molecule has 8 heteroatoms. The van der Waals surface area contributed by atoms with Crippen molar-refractivity contribution in [2.45, 2.75) is 199 Å². The van der Waals surface area contributed by atoms with Crippen LogP contribution in [0.25, 0.3) is 0 Å². The third-order valence-corrected chi connectivity index (χ3v) is 10.4. The summed E-state index contributed by atoms with van der Waals surface area (Å²) in [5.41, 5.74) is 0. The molecule has 0 heterocycles. The number of hydrogen-bond acceptors (Lipinski definition) is 6. The van der Waals surface area contributed by atoms with Gasteiger partial charge in [-0.25, -0.2) is 4.79 Å². The smallest absolute Gasteiger partial charge is 0.362 e. The minimum atomic E-state index is -0.887. The third-order valence-electron chi connectivity index (χ3n) is 10.4. The Balaban J connectivity index is 4.42. The van der Waals surface area contributed by atoms with Crippen molar-refractivity contribution >= 4 is 17.9 Å². The monoisotopic (exact) mass is 841 g/mol. The zero-order valence-electron chi connectivity index (χ0n) is 39.1. The predicted octanol–water partition coefficient (Wildman–Crippen LogP) is 13.5. The number of ether oxygens (including phenoxy) is 3. The van der Waals surface area contributed by atoms with E-state index in [1.807, 2.05) is 33.3 Å². The van der Waals surface area contributed by atoms with E-state index in [0.29, 0.717) is 19.3 Å². The lowest BCUT2D eigenvalue weighted by Crippen LogP contribution is -2.50. The minimum Gasteiger partial charge on any atom is -0.477 e. The van der Waals surface area contributed by atoms with Gasteiger partial charge in [0.2, 0.25) is 0 Å². The Morgan fingerprint density at radius 1 is 0.517 bits per heavy atom. The van der Waals surface area contributed by atoms with E-state index in [1.165, 1.54) is 89.9 Å². The maximum Gasteiger partial charge on any atom is 0.362 e. The SMILES string of the molecule is CC/C=C/C/C=C/C/C=C/C/C=C/C/C=C/C/C=C/CCC(=O)OC(COCCC(C(=O)O)[N+](C)(C)C)COC(=O)CCCCCCCCCCCCCCCCCCC. The molecule has 0 aromatic rings. The van der Waals surface area contributed by atoms with Crippen LogP contribution in [0.1, 0.15) is 187 Å². The molecule has 2 atom stereocenters. The molecule has 0 aliphatic heterocycles. The molecule has 0 aliphatic rings. The summed E-state index contributed by atoms with van der Waals surface area (Å²) in [4.78, 5) is 37.0. The van der Waals surface area contributed by atoms with Gasteiger partial charge in [-0.2, -0.15) is 0 Å². The summed E-state index contributed by atoms with van der Waals surface area (Å²) in [6, 6.07) is -0.630. The van der Waals surface area contributed by atoms with E-state index >= 15 is 0 Å². The Bertz CT molecular complexity index is 1210. The number of hydrogen-bond donors (Lipinski definition) is 1. The molecule has 0 spiro atoms. The van der Waals surface area contributed by atoms with Crippen molar-refractivity contribution in [1.82, 2.24) is 0 Å². The van der Waals surface area contributed by atoms with E-state index < -0.39 is 18.1 Å². The number of rotatable bonds is 42. The van der Waals surface area contributed by atoms with Gasteiger partial charge in [-0.1, -0.05) is 189 Å². The van der Waals surface area contributed by atoms with Crippen molar-refractivity contribution in [3.63, 3.8) is 0 Å². The fourth-order valence-electron chi connectivity index (χ4n) is 6.71. The van der Waals surface area contributed by atoms with Gasteiger partial charge < -0.3 is 23.8 Å². The number of unbranched alkanes of at least 4 members (excludes halogenated alkanes) is 16. The van der Waals surface area contributed by atoms with Gasteiger partial charge in [0.25, 0.3) is 0 Å². The highest BCUT2D eigenvalue weighted by Crippen LogP contribution is 2.15. The summed E-state index contributed by atoms with van der Waals surface area (Å²) in [6.45, 7) is 4.55. The number of carboxylic acids is 1. The molecular weight excluding hydrogens is 751 g/mol. The molecule has 0 aromatic heterocycles. The molecule has 0 aromatic carbocycles. The van der Waals surface area contributed by atoms with E-state index in [0.717, 1.165) is 57.8 Å². The second-order valence-electron chi connectivity index (χ2n) is 17.0. The van der Waals surface area contributed by atoms with Gasteiger partial charge in [0.15, 0.2) is 12.1 Å². The van der Waals surface area contributed by atoms with E-state index in [4.69, 9.17) is 14.2 Å². The van der Waals surface area contributed by atoms with E-state index in [1.54, 1.807) is 0 Å². The van der Waals surface area contributed by atoms with Crippen molar-refractivity contribution in [2.24, 2.45) is 0 Å². The van der Waals surface area contributed by atoms with Gasteiger partial charge in [0.1, 0.15) is 6.61 Å². The average molecular weight is 841 g/mol. The molecule has 8 nitrogen and oxygen atoms in total. The van der Waals surface area contributed by atoms with Gasteiger partial charge in [-0.15, -0.1) is 0 Å². The van der Waals surface area contributed by atoms with Gasteiger partial charge in [0.05, 0.1) is 34.4 Å². The second-order valence-corrected chi connectivity index (χ2v) is 17.0. The number of aliphatic carboxylic acids is 1. The lowest BCUT2D eigenvalue weighted by Gasteiger charge is -2.31. The van der Waals surface area contributed by atoms with Crippen molar-refractivity contribution in [3.8, 4) is 0 Å². The molecule has 344 valence electrons. The Morgan fingerprint density at radius 3 is 1.35 bits per heavy atom. The molecule has 2 unspecified atom stereocenters. The van der Waals surface area contributed by atoms with E-state index in [2.05, 4.69) is 74.6 Å². The van der Waals surface area contributed by atoms with Gasteiger partial charge >= 0.3 is 17.9 Å². The predicted molar refractivity (Wildman–Crippen MR) is 252 cm³/mol. The van der Waals surface area contributed by atoms with Gasteiger partial charge in [-0.05, 0) is 51.4 Å². The van der Waals surface area contributed by atoms with Crippen molar-refractivity contribution in [3.05, 3.63) is 72.9 Å². The Kier molecular flexibility index (Phi) is 40.2. The van der Waals surface area contributed by atoms with E-state index in [9.17, 15) is 19.5 Å². The Morgan fingerprint density at radius 2 is 0.933 bits per heavy atom. The lowest BCUT2D eigenvalue weighted by atomic mass is 10.0. The van der Waals surface area contributed by atoms with Crippen molar-refractivity contribution in [1.29, 1.82) is 0 Å². The summed E-state index contributed by atoms with van der Waals surface area (Å²) in [6.07, 6.45) is 53.9. The molecule has 0 bridgehead atoms. The fraction of sp³-hybridized carbons (Fsp3) is 0.712. The number of allylic oxidation sites excluding steroid dienone is 12. The average Bonchev–Trinajstić information content (AvgIpc) is 3.21. The molecule has 0 aliphatic carbocycles. The molecule has 0 amide bonds. The van der Waals surface area contributed by atoms with Crippen LogP contribution in [0.5, 0.6) is 0 Å². The first-order valence-electron chi connectivity index (χ1n) is 24.0. The topological polar surface area (TPSA) is 99.1 Å². The first kappa shape index (κ1) is 56.8. The van der Waals surface area contributed by atoms with Crippen LogP contribution in [0.3, 0.4) is 0 Å². The Hall–Kier alpha value is -3.23. The molecule has 0 radical (unpaired) electrons. The number of nitrogens with zero attached hydrogens (tertiary/aromatic N) is 1. The highest BCUT2D eigenvalue weighted by Gasteiger charge is 2.31. The summed E-state index contributed by atoms with van der Waals surface area (Å²) < 4.78 is 17.2. The molecule has 1 N–H and O–H groups in total. The first-order valence-corrected chi connectivity index (χ1v) is 24.0. The summed E-state index contributed by atoms with van der Waals surface area (Å²) in [5, 5.41) is 9.63. The summed E-state index contributed by atoms with van der Waals surface area (Å²) in [7, 11) is 5.50. The Labute approximate surface area is 368 Å². The first-order chi connectivity index (χ1) is 29.1. The number of carbonyl (C=O) groups is 3. The number of carboxylic acid groups (broad SMARTS) is 1. The maximum atomic E-state index is 12.7. The number of carbonyl (C=O) groups excluding carboxylic acids is 2. The van der Waals surface area contributed by atoms with Crippen LogP contribution >= 0.6 is 0 Å². The van der Waals surface area contributed by atoms with Crippen molar-refractivity contribution < 1.29 is 38.2 Å². The molecule has 0 fully saturated rings. The number of quaternary nitrogens is 1. The largest absolute Gasteiger partial charge is 0.477 e. The van der Waals surface area contributed by atoms with Crippen LogP contribution in [-0.4, -0.2) is 80.6 Å². The molecular formula is C52H90NO7+. The maximum absolute atomic E-state index is 12.7. The molecule has 60 heavy (non-hydrogen) atoms. The second kappa shape index (κ2) is 42.5. The van der Waals surface area contributed by atoms with Crippen LogP contribution < -0.4 is 0 Å². The van der Waals surface area contributed by atoms with E-state index in [-0.39, 0.29) is 42.7 Å². The standard InChI is InChI=1S/C52H89NO7/c1-6-8-10-12-14-16-18-20-22-24-25-27-29-31-33-35-37-39-41-43-51(55)60-48(46-58-45-44-49(52(56)57)53(3,4)5)47-59-50(54)42-40-38-36-34-32-30-28-26-23-21-19-17-15-13-11-9-7-2/h8,10,14,16,20,22,25,27,31,33,37,39,48-49H,6-7,9,11-13,15,17-19,21,23-24,26,28-30,32,34-36,38,40-47H2,1-5H3/p+1/b10-8+,16-14+,22-20+,27-25+,33-31+,39-37+. The summed E-state index contributed by atoms with van der Waals surface area (Å²) >= 11 is 0. The highest BCUT2D eigenvalue weighted by molar-refractivity contribution is 5.72. The van der Waals surface area contributed by atoms with Gasteiger partial charge in [-0.3, -0.25) is 9.59 Å². The zero-order valence-corrected chi connectivity index (χ0v) is 39.1. The van der Waals surface area contributed by atoms with Crippen molar-refractivity contribution in [2.75, 3.05) is 41.0 Å². The normalized spacial score (nSPS) is 13.6. The minimum absolute atomic E-state index is 0.0293. The fourth-order valence-corrected chi connectivity index (χ4v) is 6.71. The molecule has 0 saturated carbocycles. The quantitative estimate of drug-likeness (QED) is 0.0283. The number of esters is 2. The molecule has 0 rings (SSSR count).